The summed E-state index contributed by atoms with van der Waals surface area (Å²) in [6, 6.07) is 0.434. The van der Waals surface area contributed by atoms with Gasteiger partial charge in [-0.2, -0.15) is 18.2 Å². The summed E-state index contributed by atoms with van der Waals surface area (Å²) in [6.45, 7) is 2.73. The number of hydrogen-bond acceptors (Lipinski definition) is 5. The molecule has 1 unspecified atom stereocenters. The topological polar surface area (TPSA) is 64.5 Å². The van der Waals surface area contributed by atoms with Crippen LogP contribution in [0.25, 0.3) is 0 Å². The molecule has 22 heavy (non-hydrogen) atoms. The lowest BCUT2D eigenvalue weighted by molar-refractivity contribution is -0.141. The minimum absolute atomic E-state index is 0.235. The van der Waals surface area contributed by atoms with Gasteiger partial charge in [0, 0.05) is 12.7 Å². The van der Waals surface area contributed by atoms with E-state index < -0.39 is 24.1 Å². The lowest BCUT2D eigenvalue weighted by Gasteiger charge is -2.31. The Labute approximate surface area is 125 Å². The highest BCUT2D eigenvalue weighted by molar-refractivity contribution is 5.67. The van der Waals surface area contributed by atoms with Crippen molar-refractivity contribution in [1.82, 2.24) is 14.9 Å². The Morgan fingerprint density at radius 1 is 1.50 bits per heavy atom. The summed E-state index contributed by atoms with van der Waals surface area (Å²) in [7, 11) is 0. The molecule has 1 atom stereocenters. The molecule has 1 fully saturated rings. The number of aromatic nitrogens is 2. The number of alkyl halides is 3. The van der Waals surface area contributed by atoms with E-state index in [0.29, 0.717) is 19.4 Å². The largest absolute Gasteiger partial charge is 0.458 e. The molecule has 1 amide bonds. The van der Waals surface area contributed by atoms with Crippen LogP contribution in [0, 0.1) is 0 Å². The van der Waals surface area contributed by atoms with E-state index in [1.165, 1.54) is 4.90 Å². The highest BCUT2D eigenvalue weighted by Crippen LogP contribution is 2.28. The molecule has 1 aromatic rings. The van der Waals surface area contributed by atoms with E-state index >= 15 is 0 Å². The van der Waals surface area contributed by atoms with Crippen molar-refractivity contribution >= 4 is 6.09 Å². The molecule has 122 valence electrons. The Morgan fingerprint density at radius 2 is 2.27 bits per heavy atom. The quantitative estimate of drug-likeness (QED) is 0.856. The first-order valence-electron chi connectivity index (χ1n) is 6.88. The first-order valence-corrected chi connectivity index (χ1v) is 6.88. The molecule has 0 aromatic carbocycles. The second-order valence-electron chi connectivity index (χ2n) is 4.75. The smallest absolute Gasteiger partial charge is 0.433 e. The van der Waals surface area contributed by atoms with Crippen molar-refractivity contribution in [1.29, 1.82) is 0 Å². The summed E-state index contributed by atoms with van der Waals surface area (Å²) in [5.74, 6) is 0. The van der Waals surface area contributed by atoms with Gasteiger partial charge in [-0.3, -0.25) is 0 Å². The zero-order chi connectivity index (χ0) is 16.2. The molecular formula is C13H16F3N3O3. The molecule has 0 spiro atoms. The molecule has 0 N–H and O–H groups in total. The van der Waals surface area contributed by atoms with Gasteiger partial charge >= 0.3 is 18.3 Å². The standard InChI is InChI=1S/C13H16F3N3O3/c1-2-21-12(20)19-7-3-4-9(8-19)22-11-17-6-5-10(18-11)13(14,15)16/h5-6,9H,2-4,7-8H2,1H3. The molecule has 0 saturated carbocycles. The minimum Gasteiger partial charge on any atom is -0.458 e. The Balaban J connectivity index is 2.00. The summed E-state index contributed by atoms with van der Waals surface area (Å²) in [6.07, 6.45) is -3.19. The molecule has 2 heterocycles. The predicted molar refractivity (Wildman–Crippen MR) is 69.3 cm³/mol. The molecule has 6 nitrogen and oxygen atoms in total. The van der Waals surface area contributed by atoms with Crippen LogP contribution in [0.4, 0.5) is 18.0 Å². The summed E-state index contributed by atoms with van der Waals surface area (Å²) in [5, 5.41) is 0. The van der Waals surface area contributed by atoms with E-state index in [2.05, 4.69) is 9.97 Å². The maximum Gasteiger partial charge on any atom is 0.433 e. The van der Waals surface area contributed by atoms with Crippen LogP contribution in [-0.4, -0.2) is 46.8 Å². The molecule has 1 aromatic heterocycles. The van der Waals surface area contributed by atoms with Crippen molar-refractivity contribution in [2.45, 2.75) is 32.0 Å². The van der Waals surface area contributed by atoms with Crippen molar-refractivity contribution in [3.8, 4) is 6.01 Å². The van der Waals surface area contributed by atoms with Gasteiger partial charge in [0.15, 0.2) is 5.69 Å². The first kappa shape index (κ1) is 16.3. The zero-order valence-corrected chi connectivity index (χ0v) is 12.0. The van der Waals surface area contributed by atoms with Crippen LogP contribution >= 0.6 is 0 Å². The molecule has 1 saturated heterocycles. The summed E-state index contributed by atoms with van der Waals surface area (Å²) < 4.78 is 48.0. The number of nitrogens with zero attached hydrogens (tertiary/aromatic N) is 3. The molecule has 1 aliphatic rings. The highest BCUT2D eigenvalue weighted by Gasteiger charge is 2.33. The van der Waals surface area contributed by atoms with E-state index in [0.717, 1.165) is 12.3 Å². The van der Waals surface area contributed by atoms with Gasteiger partial charge in [0.1, 0.15) is 6.10 Å². The van der Waals surface area contributed by atoms with Gasteiger partial charge in [0.25, 0.3) is 0 Å². The number of amides is 1. The Morgan fingerprint density at radius 3 is 2.95 bits per heavy atom. The van der Waals surface area contributed by atoms with E-state index in [1.807, 2.05) is 0 Å². The van der Waals surface area contributed by atoms with Crippen molar-refractivity contribution in [3.63, 3.8) is 0 Å². The number of ether oxygens (including phenoxy) is 2. The van der Waals surface area contributed by atoms with E-state index in [-0.39, 0.29) is 19.2 Å². The van der Waals surface area contributed by atoms with Crippen molar-refractivity contribution < 1.29 is 27.4 Å². The van der Waals surface area contributed by atoms with Gasteiger partial charge in [-0.05, 0) is 25.8 Å². The van der Waals surface area contributed by atoms with Gasteiger partial charge in [0.05, 0.1) is 13.2 Å². The second-order valence-corrected chi connectivity index (χ2v) is 4.75. The Kier molecular flexibility index (Phi) is 5.04. The number of carbonyl (C=O) groups excluding carboxylic acids is 1. The second kappa shape index (κ2) is 6.80. The van der Waals surface area contributed by atoms with Gasteiger partial charge in [-0.25, -0.2) is 9.78 Å². The minimum atomic E-state index is -4.55. The molecule has 2 rings (SSSR count). The number of halogens is 3. The van der Waals surface area contributed by atoms with E-state index in [1.54, 1.807) is 6.92 Å². The average Bonchev–Trinajstić information content (AvgIpc) is 2.47. The molecule has 0 radical (unpaired) electrons. The third-order valence-electron chi connectivity index (χ3n) is 3.10. The number of carbonyl (C=O) groups is 1. The van der Waals surface area contributed by atoms with Crippen LogP contribution in [0.3, 0.4) is 0 Å². The SMILES string of the molecule is CCOC(=O)N1CCCC(Oc2nccc(C(F)(F)F)n2)C1. The fourth-order valence-electron chi connectivity index (χ4n) is 2.12. The van der Waals surface area contributed by atoms with E-state index in [9.17, 15) is 18.0 Å². The number of hydrogen-bond donors (Lipinski definition) is 0. The lowest BCUT2D eigenvalue weighted by atomic mass is 10.1. The molecule has 1 aliphatic heterocycles. The van der Waals surface area contributed by atoms with Gasteiger partial charge in [-0.1, -0.05) is 0 Å². The van der Waals surface area contributed by atoms with Crippen LogP contribution in [-0.2, 0) is 10.9 Å². The normalized spacial score (nSPS) is 18.9. The summed E-state index contributed by atoms with van der Waals surface area (Å²) in [4.78, 5) is 20.1. The average molecular weight is 319 g/mol. The van der Waals surface area contributed by atoms with Crippen LogP contribution in [0.5, 0.6) is 6.01 Å². The van der Waals surface area contributed by atoms with Crippen LogP contribution < -0.4 is 4.74 Å². The number of rotatable bonds is 3. The number of likely N-dealkylation sites (tertiary alicyclic amines) is 1. The predicted octanol–water partition coefficient (Wildman–Crippen LogP) is 2.50. The van der Waals surface area contributed by atoms with Gasteiger partial charge in [-0.15, -0.1) is 0 Å². The van der Waals surface area contributed by atoms with Crippen molar-refractivity contribution in [3.05, 3.63) is 18.0 Å². The summed E-state index contributed by atoms with van der Waals surface area (Å²) in [5.41, 5.74) is -1.06. The Bertz CT molecular complexity index is 525. The van der Waals surface area contributed by atoms with Gasteiger partial charge in [0.2, 0.25) is 0 Å². The van der Waals surface area contributed by atoms with Crippen LogP contribution in [0.1, 0.15) is 25.5 Å². The summed E-state index contributed by atoms with van der Waals surface area (Å²) >= 11 is 0. The van der Waals surface area contributed by atoms with Crippen molar-refractivity contribution in [2.75, 3.05) is 19.7 Å². The fraction of sp³-hybridized carbons (Fsp3) is 0.615. The van der Waals surface area contributed by atoms with E-state index in [4.69, 9.17) is 9.47 Å². The van der Waals surface area contributed by atoms with Gasteiger partial charge < -0.3 is 14.4 Å². The number of piperidine rings is 1. The highest BCUT2D eigenvalue weighted by atomic mass is 19.4. The maximum atomic E-state index is 12.6. The lowest BCUT2D eigenvalue weighted by Crippen LogP contribution is -2.44. The van der Waals surface area contributed by atoms with Crippen LogP contribution in [0.15, 0.2) is 12.3 Å². The zero-order valence-electron chi connectivity index (χ0n) is 12.0. The molecule has 0 aliphatic carbocycles. The first-order chi connectivity index (χ1) is 10.4. The third kappa shape index (κ3) is 4.22. The molecule has 9 heteroatoms. The molecular weight excluding hydrogens is 303 g/mol. The van der Waals surface area contributed by atoms with Crippen molar-refractivity contribution in [2.24, 2.45) is 0 Å². The third-order valence-corrected chi connectivity index (χ3v) is 3.10. The Hall–Kier alpha value is -2.06. The van der Waals surface area contributed by atoms with Crippen LogP contribution in [0.2, 0.25) is 0 Å². The fourth-order valence-corrected chi connectivity index (χ4v) is 2.12. The molecule has 0 bridgehead atoms. The monoisotopic (exact) mass is 319 g/mol. The maximum absolute atomic E-state index is 12.6.